The highest BCUT2D eigenvalue weighted by Gasteiger charge is 2.09. The van der Waals surface area contributed by atoms with Gasteiger partial charge in [0.25, 0.3) is 0 Å². The summed E-state index contributed by atoms with van der Waals surface area (Å²) in [6, 6.07) is 11.8. The third kappa shape index (κ3) is 7.04. The summed E-state index contributed by atoms with van der Waals surface area (Å²) in [5.74, 6) is -0.847. The van der Waals surface area contributed by atoms with E-state index in [1.807, 2.05) is 36.4 Å². The molecule has 0 atom stereocenters. The topological polar surface area (TPSA) is 81.3 Å². The van der Waals surface area contributed by atoms with Gasteiger partial charge in [-0.05, 0) is 31.2 Å². The fraction of sp³-hybridized carbons (Fsp3) is 0.421. The van der Waals surface area contributed by atoms with Crippen molar-refractivity contribution >= 4 is 11.8 Å². The zero-order chi connectivity index (χ0) is 18.6. The number of aromatic nitrogens is 2. The number of ether oxygens (including phenoxy) is 2. The molecule has 0 saturated heterocycles. The minimum Gasteiger partial charge on any atom is -0.477 e. The number of unbranched alkanes of at least 4 members (excludes halogenated alkanes) is 3. The van der Waals surface area contributed by atoms with Crippen molar-refractivity contribution in [3.8, 4) is 17.1 Å². The van der Waals surface area contributed by atoms with Gasteiger partial charge in [-0.15, -0.1) is 5.10 Å². The van der Waals surface area contributed by atoms with Gasteiger partial charge in [0.1, 0.15) is 13.1 Å². The smallest absolute Gasteiger partial charge is 0.313 e. The number of carbonyl (C=O) groups is 2. The van der Waals surface area contributed by atoms with E-state index >= 15 is 0 Å². The van der Waals surface area contributed by atoms with Gasteiger partial charge < -0.3 is 9.47 Å². The number of hydrogen-bond acceptors (Lipinski definition) is 5. The van der Waals surface area contributed by atoms with E-state index in [4.69, 9.17) is 9.47 Å². The van der Waals surface area contributed by atoms with Gasteiger partial charge >= 0.3 is 5.97 Å². The first-order valence-electron chi connectivity index (χ1n) is 8.66. The van der Waals surface area contributed by atoms with Crippen molar-refractivity contribution < 1.29 is 23.5 Å². The van der Waals surface area contributed by atoms with E-state index in [9.17, 15) is 14.0 Å². The van der Waals surface area contributed by atoms with Gasteiger partial charge in [0.15, 0.2) is 5.78 Å². The van der Waals surface area contributed by atoms with Crippen LogP contribution in [0.4, 0.5) is 4.39 Å². The molecule has 0 spiro atoms. The number of carbonyl (C=O) groups excluding carboxylic acids is 2. The van der Waals surface area contributed by atoms with Crippen LogP contribution in [0.25, 0.3) is 11.3 Å². The number of aromatic amines is 1. The number of H-pyrrole nitrogens is 1. The Balaban J connectivity index is 1.51. The van der Waals surface area contributed by atoms with E-state index in [0.29, 0.717) is 18.9 Å². The molecule has 0 bridgehead atoms. The van der Waals surface area contributed by atoms with E-state index in [1.165, 1.54) is 0 Å². The second-order valence-electron chi connectivity index (χ2n) is 5.82. The lowest BCUT2D eigenvalue weighted by molar-refractivity contribution is -0.146. The van der Waals surface area contributed by atoms with Gasteiger partial charge in [0.05, 0.1) is 18.9 Å². The first kappa shape index (κ1) is 19.6. The molecular weight excluding hydrogens is 339 g/mol. The van der Waals surface area contributed by atoms with Gasteiger partial charge in [-0.1, -0.05) is 30.3 Å². The van der Waals surface area contributed by atoms with Crippen LogP contribution in [0, 0.1) is 0 Å². The van der Waals surface area contributed by atoms with Crippen LogP contribution < -0.4 is 4.74 Å². The first-order valence-corrected chi connectivity index (χ1v) is 8.66. The summed E-state index contributed by atoms with van der Waals surface area (Å²) < 4.78 is 22.4. The quantitative estimate of drug-likeness (QED) is 0.355. The van der Waals surface area contributed by atoms with Crippen molar-refractivity contribution in [1.29, 1.82) is 0 Å². The van der Waals surface area contributed by atoms with E-state index in [-0.39, 0.29) is 6.61 Å². The Bertz CT molecular complexity index is 688. The number of halogens is 1. The van der Waals surface area contributed by atoms with Crippen LogP contribution >= 0.6 is 0 Å². The van der Waals surface area contributed by atoms with E-state index in [1.54, 1.807) is 0 Å². The monoisotopic (exact) mass is 362 g/mol. The summed E-state index contributed by atoms with van der Waals surface area (Å²) in [7, 11) is 0. The summed E-state index contributed by atoms with van der Waals surface area (Å²) in [4.78, 5) is 21.9. The number of ketones is 1. The molecule has 0 saturated carbocycles. The maximum Gasteiger partial charge on any atom is 0.313 e. The average molecular weight is 362 g/mol. The molecule has 140 valence electrons. The lowest BCUT2D eigenvalue weighted by Crippen LogP contribution is -2.13. The Morgan fingerprint density at radius 3 is 2.50 bits per heavy atom. The molecule has 0 aliphatic carbocycles. The number of hydrogen-bond donors (Lipinski definition) is 1. The molecule has 0 aliphatic rings. The number of esters is 1. The maximum absolute atomic E-state index is 11.9. The molecule has 0 fully saturated rings. The van der Waals surface area contributed by atoms with Gasteiger partial charge in [-0.25, -0.2) is 4.39 Å². The summed E-state index contributed by atoms with van der Waals surface area (Å²) in [6.07, 6.45) is 2.89. The van der Waals surface area contributed by atoms with Crippen LogP contribution in [0.2, 0.25) is 0 Å². The second kappa shape index (κ2) is 11.0. The lowest BCUT2D eigenvalue weighted by atomic mass is 10.2. The maximum atomic E-state index is 11.9. The summed E-state index contributed by atoms with van der Waals surface area (Å²) in [5, 5.41) is 7.08. The van der Waals surface area contributed by atoms with E-state index in [2.05, 4.69) is 10.2 Å². The van der Waals surface area contributed by atoms with Crippen molar-refractivity contribution in [2.45, 2.75) is 32.1 Å². The van der Waals surface area contributed by atoms with Crippen molar-refractivity contribution in [2.24, 2.45) is 0 Å². The van der Waals surface area contributed by atoms with Crippen LogP contribution in [-0.2, 0) is 14.3 Å². The number of benzene rings is 1. The fourth-order valence-corrected chi connectivity index (χ4v) is 2.32. The molecule has 2 rings (SSSR count). The molecule has 1 aromatic carbocycles. The third-order valence-corrected chi connectivity index (χ3v) is 3.68. The Labute approximate surface area is 151 Å². The van der Waals surface area contributed by atoms with Gasteiger partial charge in [-0.2, -0.15) is 0 Å². The van der Waals surface area contributed by atoms with Crippen molar-refractivity contribution in [2.75, 3.05) is 19.9 Å². The summed E-state index contributed by atoms with van der Waals surface area (Å²) in [6.45, 7) is -0.319. The number of alkyl halides is 1. The molecule has 26 heavy (non-hydrogen) atoms. The Hall–Kier alpha value is -2.70. The number of nitrogens with one attached hydrogen (secondary N) is 1. The molecule has 7 heteroatoms. The highest BCUT2D eigenvalue weighted by molar-refractivity contribution is 5.96. The zero-order valence-electron chi connectivity index (χ0n) is 14.6. The number of rotatable bonds is 12. The Morgan fingerprint density at radius 1 is 1.04 bits per heavy atom. The van der Waals surface area contributed by atoms with Crippen LogP contribution in [0.5, 0.6) is 5.88 Å². The largest absolute Gasteiger partial charge is 0.477 e. The van der Waals surface area contributed by atoms with Crippen LogP contribution in [-0.4, -0.2) is 41.8 Å². The minimum absolute atomic E-state index is 0.249. The van der Waals surface area contributed by atoms with Gasteiger partial charge in [0.2, 0.25) is 5.88 Å². The normalized spacial score (nSPS) is 10.5. The third-order valence-electron chi connectivity index (χ3n) is 3.68. The molecule has 1 N–H and O–H groups in total. The van der Waals surface area contributed by atoms with Crippen LogP contribution in [0.3, 0.4) is 0 Å². The van der Waals surface area contributed by atoms with Crippen molar-refractivity contribution in [3.63, 3.8) is 0 Å². The van der Waals surface area contributed by atoms with Gasteiger partial charge in [0, 0.05) is 6.07 Å². The second-order valence-corrected chi connectivity index (χ2v) is 5.82. The predicted octanol–water partition coefficient (Wildman–Crippen LogP) is 3.49. The number of nitrogens with zero attached hydrogens (tertiary/aromatic N) is 1. The van der Waals surface area contributed by atoms with E-state index in [0.717, 1.165) is 30.5 Å². The standard InChI is InChI=1S/C19H23FN2O4/c20-14-16(23)12-19(24)26-11-7-2-1-6-10-25-18-13-17(21-22-18)15-8-4-3-5-9-15/h3-5,8-9,13H,1-2,6-7,10-12,14H2,(H,21,22). The average Bonchev–Trinajstić information content (AvgIpc) is 3.13. The summed E-state index contributed by atoms with van der Waals surface area (Å²) >= 11 is 0. The molecule has 2 aromatic rings. The highest BCUT2D eigenvalue weighted by Crippen LogP contribution is 2.20. The molecule has 6 nitrogen and oxygen atoms in total. The zero-order valence-corrected chi connectivity index (χ0v) is 14.6. The fourth-order valence-electron chi connectivity index (χ4n) is 2.32. The van der Waals surface area contributed by atoms with Crippen molar-refractivity contribution in [3.05, 3.63) is 36.4 Å². The molecule has 1 heterocycles. The Kier molecular flexibility index (Phi) is 8.32. The van der Waals surface area contributed by atoms with Crippen molar-refractivity contribution in [1.82, 2.24) is 10.2 Å². The Morgan fingerprint density at radius 2 is 1.77 bits per heavy atom. The predicted molar refractivity (Wildman–Crippen MR) is 94.5 cm³/mol. The molecular formula is C19H23FN2O4. The first-order chi connectivity index (χ1) is 12.7. The van der Waals surface area contributed by atoms with E-state index < -0.39 is 24.8 Å². The van der Waals surface area contributed by atoms with Crippen LogP contribution in [0.15, 0.2) is 36.4 Å². The molecule has 0 amide bonds. The minimum atomic E-state index is -1.13. The van der Waals surface area contributed by atoms with Gasteiger partial charge in [-0.3, -0.25) is 14.7 Å². The molecule has 0 radical (unpaired) electrons. The molecule has 0 aliphatic heterocycles. The highest BCUT2D eigenvalue weighted by atomic mass is 19.1. The lowest BCUT2D eigenvalue weighted by Gasteiger charge is -2.04. The molecule has 0 unspecified atom stereocenters. The SMILES string of the molecule is O=C(CF)CC(=O)OCCCCCCOc1cc(-c2ccccc2)[nH]n1. The number of Topliss-reactive ketones (excluding diaryl/α,β-unsaturated/α-hetero) is 1. The van der Waals surface area contributed by atoms with Crippen LogP contribution in [0.1, 0.15) is 32.1 Å². The summed E-state index contributed by atoms with van der Waals surface area (Å²) in [5.41, 5.74) is 1.96. The molecule has 1 aromatic heterocycles.